The van der Waals surface area contributed by atoms with Gasteiger partial charge in [-0.3, -0.25) is 14.2 Å². The standard InChI is InChI=1S/C21H19FN2O2S/c22-17-8-6-16(7-9-17)19-14-27-21(26)24(19)13-20(25)23(18-10-11-18)12-15-4-2-1-3-5-15/h1-9,14,18H,10-13H2. The summed E-state index contributed by atoms with van der Waals surface area (Å²) in [5.74, 6) is -0.396. The van der Waals surface area contributed by atoms with Gasteiger partial charge in [-0.2, -0.15) is 0 Å². The number of carbonyl (C=O) groups is 1. The van der Waals surface area contributed by atoms with Crippen molar-refractivity contribution in [2.75, 3.05) is 0 Å². The monoisotopic (exact) mass is 382 g/mol. The molecule has 138 valence electrons. The first-order valence-electron chi connectivity index (χ1n) is 8.89. The molecule has 27 heavy (non-hydrogen) atoms. The summed E-state index contributed by atoms with van der Waals surface area (Å²) in [6.07, 6.45) is 2.00. The van der Waals surface area contributed by atoms with Gasteiger partial charge in [-0.05, 0) is 48.2 Å². The maximum Gasteiger partial charge on any atom is 0.308 e. The van der Waals surface area contributed by atoms with Crippen LogP contribution in [-0.2, 0) is 17.9 Å². The fourth-order valence-corrected chi connectivity index (χ4v) is 3.91. The Morgan fingerprint density at radius 2 is 1.81 bits per heavy atom. The normalized spacial score (nSPS) is 13.5. The van der Waals surface area contributed by atoms with Crippen LogP contribution in [0.5, 0.6) is 0 Å². The minimum absolute atomic E-state index is 0.00161. The van der Waals surface area contributed by atoms with E-state index < -0.39 is 0 Å². The lowest BCUT2D eigenvalue weighted by Gasteiger charge is -2.23. The van der Waals surface area contributed by atoms with E-state index in [-0.39, 0.29) is 29.2 Å². The highest BCUT2D eigenvalue weighted by Gasteiger charge is 2.33. The van der Waals surface area contributed by atoms with E-state index in [0.29, 0.717) is 12.2 Å². The number of nitrogens with zero attached hydrogens (tertiary/aromatic N) is 2. The number of carbonyl (C=O) groups excluding carboxylic acids is 1. The van der Waals surface area contributed by atoms with E-state index in [9.17, 15) is 14.0 Å². The van der Waals surface area contributed by atoms with Gasteiger partial charge in [-0.15, -0.1) is 0 Å². The molecular weight excluding hydrogens is 363 g/mol. The third kappa shape index (κ3) is 4.01. The highest BCUT2D eigenvalue weighted by Crippen LogP contribution is 2.29. The average molecular weight is 382 g/mol. The second-order valence-electron chi connectivity index (χ2n) is 6.72. The third-order valence-electron chi connectivity index (χ3n) is 4.72. The van der Waals surface area contributed by atoms with Crippen molar-refractivity contribution in [3.8, 4) is 11.3 Å². The van der Waals surface area contributed by atoms with E-state index in [0.717, 1.165) is 35.3 Å². The maximum atomic E-state index is 13.2. The zero-order valence-electron chi connectivity index (χ0n) is 14.7. The molecule has 1 heterocycles. The van der Waals surface area contributed by atoms with Gasteiger partial charge in [0.1, 0.15) is 12.4 Å². The number of amides is 1. The number of hydrogen-bond acceptors (Lipinski definition) is 3. The lowest BCUT2D eigenvalue weighted by Crippen LogP contribution is -2.37. The minimum atomic E-state index is -0.332. The van der Waals surface area contributed by atoms with Crippen LogP contribution in [0.25, 0.3) is 11.3 Å². The minimum Gasteiger partial charge on any atom is -0.334 e. The summed E-state index contributed by atoms with van der Waals surface area (Å²) in [6, 6.07) is 16.1. The van der Waals surface area contributed by atoms with Gasteiger partial charge in [0.05, 0.1) is 5.69 Å². The first-order chi connectivity index (χ1) is 13.1. The van der Waals surface area contributed by atoms with Crippen molar-refractivity contribution in [1.82, 2.24) is 9.47 Å². The van der Waals surface area contributed by atoms with Gasteiger partial charge in [-0.25, -0.2) is 4.39 Å². The van der Waals surface area contributed by atoms with Gasteiger partial charge in [0.15, 0.2) is 0 Å². The molecule has 1 aliphatic carbocycles. The smallest absolute Gasteiger partial charge is 0.308 e. The van der Waals surface area contributed by atoms with Gasteiger partial charge in [-0.1, -0.05) is 41.7 Å². The van der Waals surface area contributed by atoms with Crippen molar-refractivity contribution in [3.05, 3.63) is 81.0 Å². The molecular formula is C21H19FN2O2S. The fraction of sp³-hybridized carbons (Fsp3) is 0.238. The SMILES string of the molecule is O=C(Cn1c(-c2ccc(F)cc2)csc1=O)N(Cc1ccccc1)C1CC1. The summed E-state index contributed by atoms with van der Waals surface area (Å²) in [4.78, 5) is 27.0. The summed E-state index contributed by atoms with van der Waals surface area (Å²) in [5.41, 5.74) is 2.45. The molecule has 3 aromatic rings. The van der Waals surface area contributed by atoms with E-state index in [1.807, 2.05) is 35.2 Å². The summed E-state index contributed by atoms with van der Waals surface area (Å²) in [6.45, 7) is 0.549. The van der Waals surface area contributed by atoms with Crippen molar-refractivity contribution in [2.24, 2.45) is 0 Å². The number of rotatable bonds is 6. The van der Waals surface area contributed by atoms with Gasteiger partial charge in [0, 0.05) is 18.0 Å². The first-order valence-corrected chi connectivity index (χ1v) is 9.77. The molecule has 1 aliphatic rings. The van der Waals surface area contributed by atoms with E-state index >= 15 is 0 Å². The molecule has 0 bridgehead atoms. The van der Waals surface area contributed by atoms with Crippen molar-refractivity contribution >= 4 is 17.2 Å². The van der Waals surface area contributed by atoms with Gasteiger partial charge >= 0.3 is 4.87 Å². The Hall–Kier alpha value is -2.73. The van der Waals surface area contributed by atoms with Gasteiger partial charge < -0.3 is 4.90 Å². The molecule has 1 saturated carbocycles. The average Bonchev–Trinajstić information content (AvgIpc) is 3.46. The molecule has 0 aliphatic heterocycles. The van der Waals surface area contributed by atoms with E-state index in [4.69, 9.17) is 0 Å². The van der Waals surface area contributed by atoms with Crippen molar-refractivity contribution < 1.29 is 9.18 Å². The molecule has 0 unspecified atom stereocenters. The van der Waals surface area contributed by atoms with Crippen LogP contribution in [0.15, 0.2) is 64.8 Å². The Bertz CT molecular complexity index is 991. The Morgan fingerprint density at radius 3 is 2.48 bits per heavy atom. The van der Waals surface area contributed by atoms with E-state index in [1.165, 1.54) is 16.7 Å². The van der Waals surface area contributed by atoms with Crippen molar-refractivity contribution in [2.45, 2.75) is 32.0 Å². The lowest BCUT2D eigenvalue weighted by atomic mass is 10.1. The number of aromatic nitrogens is 1. The number of benzene rings is 2. The topological polar surface area (TPSA) is 42.3 Å². The Morgan fingerprint density at radius 1 is 1.11 bits per heavy atom. The van der Waals surface area contributed by atoms with Crippen molar-refractivity contribution in [1.29, 1.82) is 0 Å². The zero-order chi connectivity index (χ0) is 18.8. The predicted octanol–water partition coefficient (Wildman–Crippen LogP) is 3.91. The van der Waals surface area contributed by atoms with Crippen LogP contribution in [0, 0.1) is 5.82 Å². The lowest BCUT2D eigenvalue weighted by molar-refractivity contribution is -0.133. The number of thiazole rings is 1. The largest absolute Gasteiger partial charge is 0.334 e. The molecule has 0 saturated heterocycles. The number of halogens is 1. The quantitative estimate of drug-likeness (QED) is 0.649. The second kappa shape index (κ2) is 7.48. The highest BCUT2D eigenvalue weighted by atomic mass is 32.1. The summed E-state index contributed by atoms with van der Waals surface area (Å²) >= 11 is 1.05. The second-order valence-corrected chi connectivity index (χ2v) is 7.54. The molecule has 4 nitrogen and oxygen atoms in total. The molecule has 1 aromatic heterocycles. The van der Waals surface area contributed by atoms with Crippen molar-refractivity contribution in [3.63, 3.8) is 0 Å². The van der Waals surface area contributed by atoms with Crippen LogP contribution in [0.4, 0.5) is 4.39 Å². The molecule has 6 heteroatoms. The zero-order valence-corrected chi connectivity index (χ0v) is 15.5. The Kier molecular flexibility index (Phi) is 4.90. The van der Waals surface area contributed by atoms with E-state index in [2.05, 4.69) is 0 Å². The summed E-state index contributed by atoms with van der Waals surface area (Å²) in [5, 5.41) is 1.72. The predicted molar refractivity (Wildman–Crippen MR) is 104 cm³/mol. The summed E-state index contributed by atoms with van der Waals surface area (Å²) < 4.78 is 14.7. The molecule has 0 N–H and O–H groups in total. The maximum absolute atomic E-state index is 13.2. The highest BCUT2D eigenvalue weighted by molar-refractivity contribution is 7.07. The summed E-state index contributed by atoms with van der Waals surface area (Å²) in [7, 11) is 0. The van der Waals surface area contributed by atoms with Crippen LogP contribution < -0.4 is 4.87 Å². The van der Waals surface area contributed by atoms with E-state index in [1.54, 1.807) is 17.5 Å². The fourth-order valence-electron chi connectivity index (χ4n) is 3.14. The van der Waals surface area contributed by atoms with Crippen LogP contribution in [0.2, 0.25) is 0 Å². The molecule has 1 fully saturated rings. The Labute approximate surface area is 160 Å². The van der Waals surface area contributed by atoms with Crippen LogP contribution in [-0.4, -0.2) is 21.4 Å². The molecule has 4 rings (SSSR count). The van der Waals surface area contributed by atoms with Crippen LogP contribution >= 0.6 is 11.3 Å². The third-order valence-corrected chi connectivity index (χ3v) is 5.48. The molecule has 2 aromatic carbocycles. The van der Waals surface area contributed by atoms with Crippen LogP contribution in [0.3, 0.4) is 0 Å². The molecule has 0 radical (unpaired) electrons. The molecule has 0 atom stereocenters. The van der Waals surface area contributed by atoms with Crippen LogP contribution in [0.1, 0.15) is 18.4 Å². The number of hydrogen-bond donors (Lipinski definition) is 0. The molecule has 0 spiro atoms. The van der Waals surface area contributed by atoms with Gasteiger partial charge in [0.25, 0.3) is 0 Å². The first kappa shape index (κ1) is 17.7. The van der Waals surface area contributed by atoms with Gasteiger partial charge in [0.2, 0.25) is 5.91 Å². The Balaban J connectivity index is 1.57. The molecule has 1 amide bonds.